The molecule has 0 fully saturated rings. The number of halogens is 3. The topological polar surface area (TPSA) is 64.5 Å². The standard InChI is InChI=1S/C9H10F3N2O2PS/c10-9(11,12)6-1-3-7(4-2-6)14-8(18)13-5-17(15)16/h1-4,15-16H,5H2,(H2,13,14,18). The Morgan fingerprint density at radius 2 is 1.78 bits per heavy atom. The van der Waals surface area contributed by atoms with E-state index >= 15 is 0 Å². The fourth-order valence-corrected chi connectivity index (χ4v) is 1.66. The maximum Gasteiger partial charge on any atom is 0.416 e. The molecule has 0 unspecified atom stereocenters. The van der Waals surface area contributed by atoms with Crippen LogP contribution in [0.1, 0.15) is 5.56 Å². The third-order valence-electron chi connectivity index (χ3n) is 1.85. The second-order valence-corrected chi connectivity index (χ2v) is 4.71. The molecule has 0 bridgehead atoms. The first-order chi connectivity index (χ1) is 8.29. The van der Waals surface area contributed by atoms with Crippen LogP contribution in [-0.4, -0.2) is 21.2 Å². The van der Waals surface area contributed by atoms with Crippen molar-refractivity contribution in [2.24, 2.45) is 0 Å². The van der Waals surface area contributed by atoms with Gasteiger partial charge in [0.15, 0.2) is 13.5 Å². The lowest BCUT2D eigenvalue weighted by Gasteiger charge is -2.12. The fourth-order valence-electron chi connectivity index (χ4n) is 1.06. The van der Waals surface area contributed by atoms with Gasteiger partial charge in [0, 0.05) is 5.69 Å². The van der Waals surface area contributed by atoms with E-state index in [1.54, 1.807) is 0 Å². The second-order valence-electron chi connectivity index (χ2n) is 3.24. The number of alkyl halides is 3. The van der Waals surface area contributed by atoms with Crippen molar-refractivity contribution >= 4 is 31.4 Å². The number of hydrogen-bond acceptors (Lipinski definition) is 3. The molecule has 0 aliphatic heterocycles. The first-order valence-corrected chi connectivity index (χ1v) is 6.50. The molecule has 0 saturated heterocycles. The number of thiocarbonyl (C=S) groups is 1. The minimum atomic E-state index is -4.37. The van der Waals surface area contributed by atoms with Crippen molar-refractivity contribution in [3.8, 4) is 0 Å². The van der Waals surface area contributed by atoms with Crippen molar-refractivity contribution in [3.05, 3.63) is 29.8 Å². The van der Waals surface area contributed by atoms with Gasteiger partial charge < -0.3 is 20.4 Å². The number of nitrogens with one attached hydrogen (secondary N) is 2. The molecule has 0 aliphatic carbocycles. The van der Waals surface area contributed by atoms with Gasteiger partial charge in [0.25, 0.3) is 0 Å². The molecule has 4 N–H and O–H groups in total. The highest BCUT2D eigenvalue weighted by Gasteiger charge is 2.29. The fraction of sp³-hybridized carbons (Fsp3) is 0.222. The average Bonchev–Trinajstić information content (AvgIpc) is 2.26. The van der Waals surface area contributed by atoms with E-state index in [0.29, 0.717) is 5.69 Å². The highest BCUT2D eigenvalue weighted by Crippen LogP contribution is 2.29. The summed E-state index contributed by atoms with van der Waals surface area (Å²) in [4.78, 5) is 17.3. The first kappa shape index (κ1) is 15.1. The molecule has 9 heteroatoms. The summed E-state index contributed by atoms with van der Waals surface area (Å²) in [7, 11) is -2.12. The Balaban J connectivity index is 2.56. The number of benzene rings is 1. The molecule has 18 heavy (non-hydrogen) atoms. The molecule has 0 aromatic heterocycles. The zero-order valence-electron chi connectivity index (χ0n) is 8.90. The maximum atomic E-state index is 12.3. The van der Waals surface area contributed by atoms with E-state index in [1.807, 2.05) is 0 Å². The van der Waals surface area contributed by atoms with E-state index in [4.69, 9.17) is 22.0 Å². The molecular weight excluding hydrogens is 288 g/mol. The summed E-state index contributed by atoms with van der Waals surface area (Å²) < 4.78 is 36.8. The van der Waals surface area contributed by atoms with Crippen LogP contribution in [0.25, 0.3) is 0 Å². The predicted octanol–water partition coefficient (Wildman–Crippen LogP) is 2.25. The molecule has 0 spiro atoms. The average molecular weight is 298 g/mol. The van der Waals surface area contributed by atoms with Crippen molar-refractivity contribution < 1.29 is 23.0 Å². The van der Waals surface area contributed by atoms with Crippen LogP contribution in [0, 0.1) is 0 Å². The summed E-state index contributed by atoms with van der Waals surface area (Å²) in [5, 5.41) is 5.22. The van der Waals surface area contributed by atoms with Crippen LogP contribution in [0.3, 0.4) is 0 Å². The molecule has 1 aromatic rings. The minimum Gasteiger partial charge on any atom is -0.354 e. The Bertz CT molecular complexity index is 411. The van der Waals surface area contributed by atoms with Gasteiger partial charge in [-0.15, -0.1) is 0 Å². The van der Waals surface area contributed by atoms with Gasteiger partial charge in [0.1, 0.15) is 0 Å². The monoisotopic (exact) mass is 298 g/mol. The molecule has 100 valence electrons. The van der Waals surface area contributed by atoms with E-state index in [0.717, 1.165) is 12.1 Å². The van der Waals surface area contributed by atoms with Crippen LogP contribution in [0.4, 0.5) is 18.9 Å². The SMILES string of the molecule is OP(O)CNC(=S)Nc1ccc(C(F)(F)F)cc1. The van der Waals surface area contributed by atoms with Crippen molar-refractivity contribution in [1.82, 2.24) is 5.32 Å². The Morgan fingerprint density at radius 1 is 1.22 bits per heavy atom. The summed E-state index contributed by atoms with van der Waals surface area (Å²) in [5.74, 6) is 0. The van der Waals surface area contributed by atoms with Gasteiger partial charge in [-0.05, 0) is 36.5 Å². The van der Waals surface area contributed by atoms with Crippen LogP contribution < -0.4 is 10.6 Å². The summed E-state index contributed by atoms with van der Waals surface area (Å²) >= 11 is 4.80. The molecule has 0 atom stereocenters. The zero-order chi connectivity index (χ0) is 13.8. The Labute approximate surface area is 108 Å². The third-order valence-corrected chi connectivity index (χ3v) is 2.54. The highest BCUT2D eigenvalue weighted by atomic mass is 32.1. The Kier molecular flexibility index (Phi) is 5.28. The van der Waals surface area contributed by atoms with Gasteiger partial charge in [-0.25, -0.2) is 0 Å². The van der Waals surface area contributed by atoms with Crippen molar-refractivity contribution in [2.45, 2.75) is 6.18 Å². The van der Waals surface area contributed by atoms with E-state index in [9.17, 15) is 13.2 Å². The first-order valence-electron chi connectivity index (χ1n) is 4.66. The van der Waals surface area contributed by atoms with Crippen molar-refractivity contribution in [2.75, 3.05) is 11.6 Å². The minimum absolute atomic E-state index is 0.102. The molecule has 0 heterocycles. The largest absolute Gasteiger partial charge is 0.416 e. The molecule has 0 amide bonds. The van der Waals surface area contributed by atoms with E-state index < -0.39 is 20.1 Å². The molecule has 1 aromatic carbocycles. The summed E-state index contributed by atoms with van der Waals surface area (Å²) in [6.07, 6.45) is -4.48. The quantitative estimate of drug-likeness (QED) is 0.509. The third kappa shape index (κ3) is 5.14. The van der Waals surface area contributed by atoms with Gasteiger partial charge in [0.05, 0.1) is 11.8 Å². The van der Waals surface area contributed by atoms with Crippen LogP contribution in [-0.2, 0) is 6.18 Å². The number of hydrogen-bond donors (Lipinski definition) is 4. The predicted molar refractivity (Wildman–Crippen MR) is 67.0 cm³/mol. The van der Waals surface area contributed by atoms with E-state index in [-0.39, 0.29) is 11.4 Å². The second kappa shape index (κ2) is 6.29. The smallest absolute Gasteiger partial charge is 0.354 e. The van der Waals surface area contributed by atoms with E-state index in [2.05, 4.69) is 10.6 Å². The van der Waals surface area contributed by atoms with Gasteiger partial charge >= 0.3 is 6.18 Å². The number of rotatable bonds is 3. The maximum absolute atomic E-state index is 12.3. The van der Waals surface area contributed by atoms with Crippen molar-refractivity contribution in [3.63, 3.8) is 0 Å². The lowest BCUT2D eigenvalue weighted by atomic mass is 10.2. The van der Waals surface area contributed by atoms with Crippen LogP contribution >= 0.6 is 20.6 Å². The van der Waals surface area contributed by atoms with Gasteiger partial charge in [0.2, 0.25) is 0 Å². The normalized spacial score (nSPS) is 11.4. The Morgan fingerprint density at radius 3 is 2.22 bits per heavy atom. The van der Waals surface area contributed by atoms with Gasteiger partial charge in [-0.2, -0.15) is 13.2 Å². The van der Waals surface area contributed by atoms with Crippen LogP contribution in [0.5, 0.6) is 0 Å². The van der Waals surface area contributed by atoms with Gasteiger partial charge in [-0.1, -0.05) is 0 Å². The number of anilines is 1. The summed E-state index contributed by atoms with van der Waals surface area (Å²) in [5.41, 5.74) is -0.373. The van der Waals surface area contributed by atoms with Gasteiger partial charge in [-0.3, -0.25) is 0 Å². The zero-order valence-corrected chi connectivity index (χ0v) is 10.6. The Hall–Kier alpha value is -0.950. The van der Waals surface area contributed by atoms with E-state index in [1.165, 1.54) is 12.1 Å². The summed E-state index contributed by atoms with van der Waals surface area (Å²) in [6.45, 7) is 0. The molecule has 0 radical (unpaired) electrons. The van der Waals surface area contributed by atoms with Crippen LogP contribution in [0.15, 0.2) is 24.3 Å². The van der Waals surface area contributed by atoms with Crippen LogP contribution in [0.2, 0.25) is 0 Å². The molecule has 0 aliphatic rings. The highest BCUT2D eigenvalue weighted by molar-refractivity contribution is 7.80. The molecule has 0 saturated carbocycles. The lowest BCUT2D eigenvalue weighted by molar-refractivity contribution is -0.137. The van der Waals surface area contributed by atoms with Crippen molar-refractivity contribution in [1.29, 1.82) is 0 Å². The lowest BCUT2D eigenvalue weighted by Crippen LogP contribution is -2.28. The summed E-state index contributed by atoms with van der Waals surface area (Å²) in [6, 6.07) is 4.32. The molecular formula is C9H10F3N2O2PS. The molecule has 1 rings (SSSR count). The molecule has 4 nitrogen and oxygen atoms in total.